The maximum absolute atomic E-state index is 5.49. The molecule has 0 aromatic heterocycles. The Morgan fingerprint density at radius 3 is 2.71 bits per heavy atom. The molecule has 40 valence electrons. The highest BCUT2D eigenvalue weighted by molar-refractivity contribution is 6.29. The Labute approximate surface area is 47.5 Å². The molecule has 0 saturated heterocycles. The van der Waals surface area contributed by atoms with Gasteiger partial charge in [0.25, 0.3) is 0 Å². The van der Waals surface area contributed by atoms with E-state index in [9.17, 15) is 0 Å². The molecule has 0 aliphatic carbocycles. The number of hydrogen-bond donors (Lipinski definition) is 2. The van der Waals surface area contributed by atoms with Crippen molar-refractivity contribution in [3.8, 4) is 0 Å². The van der Waals surface area contributed by atoms with E-state index in [-0.39, 0.29) is 0 Å². The molecule has 2 N–H and O–H groups in total. The van der Waals surface area contributed by atoms with Gasteiger partial charge in [0.15, 0.2) is 0 Å². The minimum atomic E-state index is 0.299. The Hall–Kier alpha value is -0.370. The first-order valence-corrected chi connectivity index (χ1v) is 2.55. The van der Waals surface area contributed by atoms with E-state index in [0.717, 1.165) is 0 Å². The number of hydrogen-bond acceptors (Lipinski definition) is 2. The van der Waals surface area contributed by atoms with E-state index >= 15 is 0 Å². The zero-order valence-electron chi connectivity index (χ0n) is 4.03. The molecule has 1 atom stereocenters. The van der Waals surface area contributed by atoms with E-state index in [0.29, 0.717) is 11.3 Å². The molecule has 1 rings (SSSR count). The third-order valence-corrected chi connectivity index (χ3v) is 1.03. The molecule has 3 heteroatoms. The largest absolute Gasteiger partial charge is 0.369 e. The monoisotopic (exact) mass is 118 g/mol. The summed E-state index contributed by atoms with van der Waals surface area (Å²) < 4.78 is 0. The molecule has 0 fully saturated rings. The predicted molar refractivity (Wildman–Crippen MR) is 29.7 cm³/mol. The molecule has 1 aliphatic heterocycles. The van der Waals surface area contributed by atoms with E-state index in [4.69, 9.17) is 11.6 Å². The van der Waals surface area contributed by atoms with Crippen LogP contribution >= 0.6 is 11.6 Å². The SMILES string of the molecule is CC1NC=C(Cl)N1. The summed E-state index contributed by atoms with van der Waals surface area (Å²) in [7, 11) is 0. The Bertz CT molecular complexity index is 99.9. The molecule has 0 spiro atoms. The summed E-state index contributed by atoms with van der Waals surface area (Å²) in [4.78, 5) is 0. The Morgan fingerprint density at radius 1 is 1.86 bits per heavy atom. The average Bonchev–Trinajstić information content (AvgIpc) is 1.87. The number of rotatable bonds is 0. The van der Waals surface area contributed by atoms with Crippen molar-refractivity contribution < 1.29 is 0 Å². The highest BCUT2D eigenvalue weighted by atomic mass is 35.5. The van der Waals surface area contributed by atoms with Crippen molar-refractivity contribution in [3.05, 3.63) is 11.4 Å². The molecule has 1 aliphatic rings. The molecule has 1 unspecified atom stereocenters. The molecule has 0 aromatic carbocycles. The second-order valence-corrected chi connectivity index (χ2v) is 1.93. The first kappa shape index (κ1) is 4.78. The molecule has 7 heavy (non-hydrogen) atoms. The summed E-state index contributed by atoms with van der Waals surface area (Å²) in [5.41, 5.74) is 0. The third kappa shape index (κ3) is 0.996. The fraction of sp³-hybridized carbons (Fsp3) is 0.500. The summed E-state index contributed by atoms with van der Waals surface area (Å²) in [5, 5.41) is 6.58. The summed E-state index contributed by atoms with van der Waals surface area (Å²) in [6.07, 6.45) is 2.04. The van der Waals surface area contributed by atoms with Gasteiger partial charge in [0.1, 0.15) is 5.16 Å². The van der Waals surface area contributed by atoms with Crippen molar-refractivity contribution >= 4 is 11.6 Å². The van der Waals surface area contributed by atoms with Crippen LogP contribution in [0.5, 0.6) is 0 Å². The van der Waals surface area contributed by atoms with Gasteiger partial charge < -0.3 is 10.6 Å². The maximum Gasteiger partial charge on any atom is 0.119 e. The van der Waals surface area contributed by atoms with Crippen LogP contribution in [0.25, 0.3) is 0 Å². The van der Waals surface area contributed by atoms with Crippen LogP contribution in [0.3, 0.4) is 0 Å². The summed E-state index contributed by atoms with van der Waals surface area (Å²) >= 11 is 5.49. The van der Waals surface area contributed by atoms with Gasteiger partial charge in [-0.05, 0) is 6.92 Å². The third-order valence-electron chi connectivity index (χ3n) is 0.814. The van der Waals surface area contributed by atoms with Gasteiger partial charge in [0.2, 0.25) is 0 Å². The van der Waals surface area contributed by atoms with Gasteiger partial charge in [-0.3, -0.25) is 0 Å². The van der Waals surface area contributed by atoms with E-state index in [2.05, 4.69) is 10.6 Å². The fourth-order valence-electron chi connectivity index (χ4n) is 0.488. The van der Waals surface area contributed by atoms with Gasteiger partial charge in [-0.25, -0.2) is 0 Å². The van der Waals surface area contributed by atoms with Gasteiger partial charge in [-0.15, -0.1) is 0 Å². The summed E-state index contributed by atoms with van der Waals surface area (Å²) in [5.74, 6) is 0. The number of halogens is 1. The lowest BCUT2D eigenvalue weighted by Gasteiger charge is -2.01. The average molecular weight is 119 g/mol. The zero-order chi connectivity index (χ0) is 5.28. The first-order valence-electron chi connectivity index (χ1n) is 2.17. The smallest absolute Gasteiger partial charge is 0.119 e. The van der Waals surface area contributed by atoms with Gasteiger partial charge in [0, 0.05) is 6.20 Å². The molecule has 1 heterocycles. The lowest BCUT2D eigenvalue weighted by atomic mass is 10.6. The van der Waals surface area contributed by atoms with Gasteiger partial charge in [-0.1, -0.05) is 11.6 Å². The lowest BCUT2D eigenvalue weighted by molar-refractivity contribution is 0.622. The maximum atomic E-state index is 5.49. The van der Waals surface area contributed by atoms with Gasteiger partial charge in [-0.2, -0.15) is 0 Å². The molecule has 0 bridgehead atoms. The Balaban J connectivity index is 2.42. The number of nitrogens with one attached hydrogen (secondary N) is 2. The van der Waals surface area contributed by atoms with Crippen LogP contribution in [-0.2, 0) is 0 Å². The minimum Gasteiger partial charge on any atom is -0.369 e. The highest BCUT2D eigenvalue weighted by Crippen LogP contribution is 2.00. The van der Waals surface area contributed by atoms with E-state index in [1.807, 2.05) is 6.92 Å². The van der Waals surface area contributed by atoms with Crippen LogP contribution < -0.4 is 10.6 Å². The zero-order valence-corrected chi connectivity index (χ0v) is 4.79. The molecular formula is C4H7ClN2. The van der Waals surface area contributed by atoms with Gasteiger partial charge in [0.05, 0.1) is 6.17 Å². The Kier molecular flexibility index (Phi) is 1.11. The van der Waals surface area contributed by atoms with E-state index in [1.165, 1.54) is 0 Å². The van der Waals surface area contributed by atoms with Crippen LogP contribution in [0.2, 0.25) is 0 Å². The van der Waals surface area contributed by atoms with Crippen molar-refractivity contribution in [1.82, 2.24) is 10.6 Å². The van der Waals surface area contributed by atoms with Crippen LogP contribution in [0.15, 0.2) is 11.4 Å². The Morgan fingerprint density at radius 2 is 2.57 bits per heavy atom. The predicted octanol–water partition coefficient (Wildman–Crippen LogP) is 0.563. The van der Waals surface area contributed by atoms with Crippen LogP contribution in [0.1, 0.15) is 6.92 Å². The summed E-state index contributed by atoms with van der Waals surface area (Å²) in [6.45, 7) is 1.99. The van der Waals surface area contributed by atoms with Crippen LogP contribution in [0, 0.1) is 0 Å². The molecule has 0 aromatic rings. The molecule has 2 nitrogen and oxygen atoms in total. The molecular weight excluding hydrogens is 112 g/mol. The molecule has 0 saturated carbocycles. The topological polar surface area (TPSA) is 24.1 Å². The quantitative estimate of drug-likeness (QED) is 0.455. The van der Waals surface area contributed by atoms with Crippen LogP contribution in [-0.4, -0.2) is 6.17 Å². The normalized spacial score (nSPS) is 28.3. The molecule has 0 amide bonds. The van der Waals surface area contributed by atoms with Crippen molar-refractivity contribution in [2.75, 3.05) is 0 Å². The highest BCUT2D eigenvalue weighted by Gasteiger charge is 2.04. The fourth-order valence-corrected chi connectivity index (χ4v) is 0.715. The first-order chi connectivity index (χ1) is 3.29. The second-order valence-electron chi connectivity index (χ2n) is 1.52. The standard InChI is InChI=1S/C4H7ClN2/c1-3-6-2-4(5)7-3/h2-3,6-7H,1H3. The molecule has 0 radical (unpaired) electrons. The summed E-state index contributed by atoms with van der Waals surface area (Å²) in [6, 6.07) is 0. The van der Waals surface area contributed by atoms with E-state index in [1.54, 1.807) is 6.20 Å². The lowest BCUT2D eigenvalue weighted by Crippen LogP contribution is -2.27. The second kappa shape index (κ2) is 1.62. The van der Waals surface area contributed by atoms with Crippen LogP contribution in [0.4, 0.5) is 0 Å². The van der Waals surface area contributed by atoms with E-state index < -0.39 is 0 Å². The van der Waals surface area contributed by atoms with Gasteiger partial charge >= 0.3 is 0 Å². The van der Waals surface area contributed by atoms with Crippen molar-refractivity contribution in [2.24, 2.45) is 0 Å². The minimum absolute atomic E-state index is 0.299. The van der Waals surface area contributed by atoms with Crippen molar-refractivity contribution in [1.29, 1.82) is 0 Å². The van der Waals surface area contributed by atoms with Crippen molar-refractivity contribution in [3.63, 3.8) is 0 Å². The van der Waals surface area contributed by atoms with Crippen molar-refractivity contribution in [2.45, 2.75) is 13.1 Å².